The van der Waals surface area contributed by atoms with E-state index in [1.54, 1.807) is 24.3 Å². The summed E-state index contributed by atoms with van der Waals surface area (Å²) in [6, 6.07) is 16.5. The van der Waals surface area contributed by atoms with Crippen LogP contribution in [0.4, 0.5) is 10.5 Å². The van der Waals surface area contributed by atoms with Crippen molar-refractivity contribution >= 4 is 57.5 Å². The Morgan fingerprint density at radius 2 is 1.87 bits per heavy atom. The number of para-hydroxylation sites is 1. The summed E-state index contributed by atoms with van der Waals surface area (Å²) in [7, 11) is 1.29. The molecule has 0 unspecified atom stereocenters. The summed E-state index contributed by atoms with van der Waals surface area (Å²) < 4.78 is 12.2. The molecule has 4 aromatic rings. The molecule has 0 saturated carbocycles. The first-order valence-corrected chi connectivity index (χ1v) is 12.9. The number of amides is 3. The van der Waals surface area contributed by atoms with Crippen molar-refractivity contribution in [3.63, 3.8) is 0 Å². The summed E-state index contributed by atoms with van der Waals surface area (Å²) in [5.74, 6) is -0.867. The van der Waals surface area contributed by atoms with E-state index in [0.29, 0.717) is 18.0 Å². The zero-order valence-corrected chi connectivity index (χ0v) is 22.3. The molecule has 198 valence electrons. The van der Waals surface area contributed by atoms with E-state index < -0.39 is 23.0 Å². The molecule has 3 heterocycles. The summed E-state index contributed by atoms with van der Waals surface area (Å²) in [6.45, 7) is 3.80. The Morgan fingerprint density at radius 1 is 1.08 bits per heavy atom. The molecule has 2 aromatic carbocycles. The van der Waals surface area contributed by atoms with Gasteiger partial charge in [-0.25, -0.2) is 4.79 Å². The number of aryl methyl sites for hydroxylation is 2. The highest BCUT2D eigenvalue weighted by molar-refractivity contribution is 8.18. The number of fused-ring (bicyclic) bond motifs is 1. The summed E-state index contributed by atoms with van der Waals surface area (Å²) in [6.07, 6.45) is 3.51. The minimum atomic E-state index is -0.558. The first-order chi connectivity index (χ1) is 18.7. The van der Waals surface area contributed by atoms with Crippen LogP contribution in [0.3, 0.4) is 0 Å². The third-order valence-corrected chi connectivity index (χ3v) is 7.22. The predicted octanol–water partition coefficient (Wildman–Crippen LogP) is 5.36. The fourth-order valence-corrected chi connectivity index (χ4v) is 5.26. The van der Waals surface area contributed by atoms with Gasteiger partial charge in [-0.2, -0.15) is 0 Å². The first-order valence-electron chi connectivity index (χ1n) is 12.1. The molecule has 0 radical (unpaired) electrons. The van der Waals surface area contributed by atoms with Gasteiger partial charge in [0.15, 0.2) is 0 Å². The van der Waals surface area contributed by atoms with Crippen LogP contribution in [0, 0.1) is 13.8 Å². The maximum absolute atomic E-state index is 13.1. The SMILES string of the molecule is COC(=O)c1ccc(Cn2cc(/C=C3\SC(=O)N(CC(=O)Nc4ccc(C)cc4C)C3=O)c3ccccc32)o1. The molecule has 1 aliphatic heterocycles. The molecular weight excluding hydrogens is 518 g/mol. The van der Waals surface area contributed by atoms with Crippen LogP contribution in [0.15, 0.2) is 70.1 Å². The highest BCUT2D eigenvalue weighted by Gasteiger charge is 2.36. The van der Waals surface area contributed by atoms with E-state index >= 15 is 0 Å². The van der Waals surface area contributed by atoms with Gasteiger partial charge >= 0.3 is 5.97 Å². The second kappa shape index (κ2) is 10.7. The number of benzene rings is 2. The number of ether oxygens (including phenoxy) is 1. The predicted molar refractivity (Wildman–Crippen MR) is 148 cm³/mol. The number of nitrogens with zero attached hydrogens (tertiary/aromatic N) is 2. The molecule has 1 aliphatic rings. The number of furan rings is 1. The number of anilines is 1. The Labute approximate surface area is 228 Å². The lowest BCUT2D eigenvalue weighted by atomic mass is 10.1. The van der Waals surface area contributed by atoms with E-state index in [0.717, 1.165) is 44.3 Å². The van der Waals surface area contributed by atoms with Crippen molar-refractivity contribution in [3.8, 4) is 0 Å². The molecule has 2 aromatic heterocycles. The van der Waals surface area contributed by atoms with Crippen molar-refractivity contribution in [1.82, 2.24) is 9.47 Å². The smallest absolute Gasteiger partial charge is 0.373 e. The number of hydrogen-bond acceptors (Lipinski definition) is 7. The van der Waals surface area contributed by atoms with E-state index in [1.807, 2.05) is 61.0 Å². The number of aromatic nitrogens is 1. The number of rotatable bonds is 7. The number of nitrogens with one attached hydrogen (secondary N) is 1. The largest absolute Gasteiger partial charge is 0.463 e. The molecule has 0 aliphatic carbocycles. The van der Waals surface area contributed by atoms with E-state index in [4.69, 9.17) is 9.15 Å². The highest BCUT2D eigenvalue weighted by Crippen LogP contribution is 2.34. The molecule has 1 N–H and O–H groups in total. The molecule has 39 heavy (non-hydrogen) atoms. The molecule has 1 fully saturated rings. The lowest BCUT2D eigenvalue weighted by molar-refractivity contribution is -0.127. The second-order valence-corrected chi connectivity index (χ2v) is 10.1. The van der Waals surface area contributed by atoms with Crippen molar-refractivity contribution in [2.75, 3.05) is 19.0 Å². The van der Waals surface area contributed by atoms with Gasteiger partial charge < -0.3 is 19.0 Å². The Hall–Kier alpha value is -4.57. The standard InChI is InChI=1S/C29H25N3O6S/c1-17-8-10-22(18(2)12-17)30-26(33)16-32-27(34)25(39-29(32)36)13-19-14-31(23-7-5-4-6-21(19)23)15-20-9-11-24(38-20)28(35)37-3/h4-14H,15-16H2,1-3H3,(H,30,33)/b25-13-. The van der Waals surface area contributed by atoms with Crippen molar-refractivity contribution < 1.29 is 28.3 Å². The third-order valence-electron chi connectivity index (χ3n) is 6.31. The van der Waals surface area contributed by atoms with Gasteiger partial charge in [0.1, 0.15) is 12.3 Å². The van der Waals surface area contributed by atoms with E-state index in [1.165, 1.54) is 7.11 Å². The number of thioether (sulfide) groups is 1. The lowest BCUT2D eigenvalue weighted by Gasteiger charge is -2.13. The van der Waals surface area contributed by atoms with Crippen LogP contribution in [0.25, 0.3) is 17.0 Å². The molecular formula is C29H25N3O6S. The van der Waals surface area contributed by atoms with Gasteiger partial charge in [0.25, 0.3) is 11.1 Å². The van der Waals surface area contributed by atoms with E-state index in [9.17, 15) is 19.2 Å². The quantitative estimate of drug-likeness (QED) is 0.247. The van der Waals surface area contributed by atoms with Crippen LogP contribution in [-0.4, -0.2) is 46.1 Å². The Bertz CT molecular complexity index is 1660. The Balaban J connectivity index is 1.36. The summed E-state index contributed by atoms with van der Waals surface area (Å²) in [5, 5.41) is 3.15. The first kappa shape index (κ1) is 26.1. The molecule has 1 saturated heterocycles. The second-order valence-electron chi connectivity index (χ2n) is 9.12. The number of hydrogen-bond donors (Lipinski definition) is 1. The number of carbonyl (C=O) groups is 4. The van der Waals surface area contributed by atoms with Crippen LogP contribution >= 0.6 is 11.8 Å². The molecule has 5 rings (SSSR count). The topological polar surface area (TPSA) is 111 Å². The fraction of sp³-hybridized carbons (Fsp3) is 0.172. The van der Waals surface area contributed by atoms with Crippen LogP contribution < -0.4 is 5.32 Å². The zero-order chi connectivity index (χ0) is 27.7. The number of imide groups is 1. The van der Waals surface area contributed by atoms with Gasteiger partial charge in [-0.15, -0.1) is 0 Å². The molecule has 0 spiro atoms. The number of carbonyl (C=O) groups excluding carboxylic acids is 4. The van der Waals surface area contributed by atoms with Crippen LogP contribution in [0.2, 0.25) is 0 Å². The zero-order valence-electron chi connectivity index (χ0n) is 21.5. The van der Waals surface area contributed by atoms with Crippen molar-refractivity contribution in [1.29, 1.82) is 0 Å². The highest BCUT2D eigenvalue weighted by atomic mass is 32.2. The lowest BCUT2D eigenvalue weighted by Crippen LogP contribution is -2.36. The average molecular weight is 544 g/mol. The molecule has 0 atom stereocenters. The maximum atomic E-state index is 13.1. The van der Waals surface area contributed by atoms with Crippen molar-refractivity contribution in [3.05, 3.63) is 93.9 Å². The monoisotopic (exact) mass is 543 g/mol. The van der Waals surface area contributed by atoms with Crippen LogP contribution in [0.5, 0.6) is 0 Å². The fourth-order valence-electron chi connectivity index (χ4n) is 4.43. The van der Waals surface area contributed by atoms with Crippen LogP contribution in [0.1, 0.15) is 33.0 Å². The maximum Gasteiger partial charge on any atom is 0.373 e. The minimum absolute atomic E-state index is 0.111. The normalized spacial score (nSPS) is 14.4. The third kappa shape index (κ3) is 5.37. The summed E-state index contributed by atoms with van der Waals surface area (Å²) in [5.41, 5.74) is 4.21. The number of methoxy groups -OCH3 is 1. The minimum Gasteiger partial charge on any atom is -0.463 e. The van der Waals surface area contributed by atoms with Gasteiger partial charge in [0.2, 0.25) is 11.7 Å². The van der Waals surface area contributed by atoms with Gasteiger partial charge in [-0.05, 0) is 61.5 Å². The van der Waals surface area contributed by atoms with Crippen molar-refractivity contribution in [2.24, 2.45) is 0 Å². The average Bonchev–Trinajstić information content (AvgIpc) is 3.59. The van der Waals surface area contributed by atoms with Gasteiger partial charge in [0, 0.05) is 28.4 Å². The van der Waals surface area contributed by atoms with E-state index in [2.05, 4.69) is 5.32 Å². The van der Waals surface area contributed by atoms with Gasteiger partial charge in [-0.3, -0.25) is 19.3 Å². The Morgan fingerprint density at radius 3 is 2.64 bits per heavy atom. The molecule has 0 bridgehead atoms. The number of esters is 1. The summed E-state index contributed by atoms with van der Waals surface area (Å²) in [4.78, 5) is 51.4. The van der Waals surface area contributed by atoms with Crippen LogP contribution in [-0.2, 0) is 20.9 Å². The Kier molecular flexibility index (Phi) is 7.12. The van der Waals surface area contributed by atoms with Crippen molar-refractivity contribution in [2.45, 2.75) is 20.4 Å². The van der Waals surface area contributed by atoms with Gasteiger partial charge in [-0.1, -0.05) is 35.9 Å². The van der Waals surface area contributed by atoms with E-state index in [-0.39, 0.29) is 17.2 Å². The molecule has 9 nitrogen and oxygen atoms in total. The summed E-state index contributed by atoms with van der Waals surface area (Å²) >= 11 is 0.800. The van der Waals surface area contributed by atoms with Gasteiger partial charge in [0.05, 0.1) is 18.6 Å². The molecule has 10 heteroatoms. The molecule has 3 amide bonds.